The first kappa shape index (κ1) is 11.9. The van der Waals surface area contributed by atoms with E-state index in [1.165, 1.54) is 0 Å². The molecular formula is C13H19N3O. The average Bonchev–Trinajstić information content (AvgIpc) is 3.19. The van der Waals surface area contributed by atoms with Crippen LogP contribution in [-0.2, 0) is 0 Å². The highest BCUT2D eigenvalue weighted by atomic mass is 16.2. The Morgan fingerprint density at radius 1 is 1.53 bits per heavy atom. The van der Waals surface area contributed by atoms with Gasteiger partial charge in [0.1, 0.15) is 5.82 Å². The van der Waals surface area contributed by atoms with Gasteiger partial charge >= 0.3 is 0 Å². The molecule has 0 radical (unpaired) electrons. The van der Waals surface area contributed by atoms with Gasteiger partial charge in [0.15, 0.2) is 0 Å². The van der Waals surface area contributed by atoms with E-state index in [1.807, 2.05) is 24.1 Å². The molecule has 0 spiro atoms. The Morgan fingerprint density at radius 2 is 2.29 bits per heavy atom. The summed E-state index contributed by atoms with van der Waals surface area (Å²) in [4.78, 5) is 18.4. The molecule has 0 saturated heterocycles. The number of rotatable bonds is 5. The van der Waals surface area contributed by atoms with Gasteiger partial charge in [0.2, 0.25) is 0 Å². The summed E-state index contributed by atoms with van der Waals surface area (Å²) in [7, 11) is 1.82. The highest BCUT2D eigenvalue weighted by molar-refractivity contribution is 5.94. The first-order chi connectivity index (χ1) is 8.26. The van der Waals surface area contributed by atoms with E-state index in [0.717, 1.165) is 31.6 Å². The van der Waals surface area contributed by atoms with Crippen molar-refractivity contribution in [2.24, 2.45) is 0 Å². The fraction of sp³-hybridized carbons (Fsp3) is 0.538. The third-order valence-electron chi connectivity index (χ3n) is 2.98. The van der Waals surface area contributed by atoms with Crippen LogP contribution in [0.4, 0.5) is 5.82 Å². The van der Waals surface area contributed by atoms with Crippen LogP contribution < -0.4 is 5.32 Å². The van der Waals surface area contributed by atoms with Gasteiger partial charge in [0.05, 0.1) is 5.56 Å². The summed E-state index contributed by atoms with van der Waals surface area (Å²) in [6.07, 6.45) is 4.95. The summed E-state index contributed by atoms with van der Waals surface area (Å²) in [5.74, 6) is 0.902. The molecule has 4 nitrogen and oxygen atoms in total. The molecule has 1 aromatic rings. The number of anilines is 1. The lowest BCUT2D eigenvalue weighted by Gasteiger charge is -2.21. The Hall–Kier alpha value is -1.58. The number of nitrogens with one attached hydrogen (secondary N) is 1. The SMILES string of the molecule is CCCN(C(=O)c1ccc(NC)nc1)C1CC1. The summed E-state index contributed by atoms with van der Waals surface area (Å²) in [5, 5.41) is 2.95. The fourth-order valence-electron chi connectivity index (χ4n) is 1.91. The van der Waals surface area contributed by atoms with Crippen molar-refractivity contribution in [1.29, 1.82) is 0 Å². The number of pyridine rings is 1. The second kappa shape index (κ2) is 5.17. The van der Waals surface area contributed by atoms with Gasteiger partial charge in [-0.2, -0.15) is 0 Å². The van der Waals surface area contributed by atoms with E-state index in [0.29, 0.717) is 11.6 Å². The topological polar surface area (TPSA) is 45.2 Å². The van der Waals surface area contributed by atoms with Crippen LogP contribution in [0.25, 0.3) is 0 Å². The Morgan fingerprint density at radius 3 is 2.76 bits per heavy atom. The minimum absolute atomic E-state index is 0.115. The molecule has 1 aliphatic carbocycles. The van der Waals surface area contributed by atoms with E-state index in [1.54, 1.807) is 6.20 Å². The van der Waals surface area contributed by atoms with Crippen molar-refractivity contribution >= 4 is 11.7 Å². The molecule has 0 atom stereocenters. The predicted octanol–water partition coefficient (Wildman–Crippen LogP) is 2.14. The first-order valence-electron chi connectivity index (χ1n) is 6.21. The zero-order valence-electron chi connectivity index (χ0n) is 10.4. The van der Waals surface area contributed by atoms with E-state index >= 15 is 0 Å². The molecule has 1 aliphatic rings. The van der Waals surface area contributed by atoms with Crippen LogP contribution in [0.3, 0.4) is 0 Å². The summed E-state index contributed by atoms with van der Waals surface area (Å²) < 4.78 is 0. The van der Waals surface area contributed by atoms with Crippen LogP contribution in [0.15, 0.2) is 18.3 Å². The highest BCUT2D eigenvalue weighted by Crippen LogP contribution is 2.28. The molecule has 0 aliphatic heterocycles. The molecule has 17 heavy (non-hydrogen) atoms. The normalized spacial score (nSPS) is 14.5. The van der Waals surface area contributed by atoms with Gasteiger partial charge in [-0.05, 0) is 31.4 Å². The van der Waals surface area contributed by atoms with Crippen molar-refractivity contribution in [2.45, 2.75) is 32.2 Å². The van der Waals surface area contributed by atoms with E-state index < -0.39 is 0 Å². The zero-order chi connectivity index (χ0) is 12.3. The van der Waals surface area contributed by atoms with Crippen LogP contribution in [-0.4, -0.2) is 35.4 Å². The third-order valence-corrected chi connectivity index (χ3v) is 2.98. The van der Waals surface area contributed by atoms with Crippen molar-refractivity contribution in [2.75, 3.05) is 18.9 Å². The predicted molar refractivity (Wildman–Crippen MR) is 68.1 cm³/mol. The Labute approximate surface area is 102 Å². The molecule has 1 heterocycles. The Bertz CT molecular complexity index is 384. The number of aromatic nitrogens is 1. The lowest BCUT2D eigenvalue weighted by Crippen LogP contribution is -2.33. The van der Waals surface area contributed by atoms with Crippen molar-refractivity contribution in [3.8, 4) is 0 Å². The quantitative estimate of drug-likeness (QED) is 0.847. The summed E-state index contributed by atoms with van der Waals surface area (Å²) in [6, 6.07) is 4.14. The molecule has 0 aromatic carbocycles. The number of hydrogen-bond donors (Lipinski definition) is 1. The number of nitrogens with zero attached hydrogens (tertiary/aromatic N) is 2. The van der Waals surface area contributed by atoms with E-state index in [9.17, 15) is 4.79 Å². The minimum Gasteiger partial charge on any atom is -0.373 e. The van der Waals surface area contributed by atoms with Crippen molar-refractivity contribution < 1.29 is 4.79 Å². The van der Waals surface area contributed by atoms with E-state index in [4.69, 9.17) is 0 Å². The second-order valence-electron chi connectivity index (χ2n) is 4.41. The van der Waals surface area contributed by atoms with Crippen molar-refractivity contribution in [3.05, 3.63) is 23.9 Å². The van der Waals surface area contributed by atoms with Gasteiger partial charge in [0, 0.05) is 25.8 Å². The maximum absolute atomic E-state index is 12.3. The van der Waals surface area contributed by atoms with Crippen molar-refractivity contribution in [3.63, 3.8) is 0 Å². The standard InChI is InChI=1S/C13H19N3O/c1-3-8-16(11-5-6-11)13(17)10-4-7-12(14-2)15-9-10/h4,7,9,11H,3,5-6,8H2,1-2H3,(H,14,15). The van der Waals surface area contributed by atoms with Crippen LogP contribution >= 0.6 is 0 Å². The number of carbonyl (C=O) groups is 1. The van der Waals surface area contributed by atoms with Crippen LogP contribution in [0.5, 0.6) is 0 Å². The third kappa shape index (κ3) is 2.75. The summed E-state index contributed by atoms with van der Waals surface area (Å²) >= 11 is 0. The molecule has 0 bridgehead atoms. The zero-order valence-corrected chi connectivity index (χ0v) is 10.4. The van der Waals surface area contributed by atoms with Gasteiger partial charge in [-0.1, -0.05) is 6.92 Å². The van der Waals surface area contributed by atoms with Gasteiger partial charge in [-0.3, -0.25) is 4.79 Å². The van der Waals surface area contributed by atoms with Gasteiger partial charge in [0.25, 0.3) is 5.91 Å². The summed E-state index contributed by atoms with van der Waals surface area (Å²) in [5.41, 5.74) is 0.685. The number of amides is 1. The molecule has 4 heteroatoms. The van der Waals surface area contributed by atoms with Crippen LogP contribution in [0.2, 0.25) is 0 Å². The summed E-state index contributed by atoms with van der Waals surface area (Å²) in [6.45, 7) is 2.95. The molecule has 1 fully saturated rings. The molecule has 1 amide bonds. The fourth-order valence-corrected chi connectivity index (χ4v) is 1.91. The average molecular weight is 233 g/mol. The Balaban J connectivity index is 2.10. The number of carbonyl (C=O) groups excluding carboxylic acids is 1. The van der Waals surface area contributed by atoms with Gasteiger partial charge in [-0.25, -0.2) is 4.98 Å². The lowest BCUT2D eigenvalue weighted by atomic mass is 10.2. The second-order valence-corrected chi connectivity index (χ2v) is 4.41. The molecule has 0 unspecified atom stereocenters. The van der Waals surface area contributed by atoms with Gasteiger partial charge < -0.3 is 10.2 Å². The Kier molecular flexibility index (Phi) is 3.61. The highest BCUT2D eigenvalue weighted by Gasteiger charge is 2.32. The molecule has 1 saturated carbocycles. The molecule has 1 N–H and O–H groups in total. The first-order valence-corrected chi connectivity index (χ1v) is 6.21. The maximum atomic E-state index is 12.3. The van der Waals surface area contributed by atoms with Crippen LogP contribution in [0.1, 0.15) is 36.5 Å². The molecule has 2 rings (SSSR count). The monoisotopic (exact) mass is 233 g/mol. The van der Waals surface area contributed by atoms with Crippen molar-refractivity contribution in [1.82, 2.24) is 9.88 Å². The minimum atomic E-state index is 0.115. The molecular weight excluding hydrogens is 214 g/mol. The largest absolute Gasteiger partial charge is 0.373 e. The number of hydrogen-bond acceptors (Lipinski definition) is 3. The van der Waals surface area contributed by atoms with Crippen LogP contribution in [0, 0.1) is 0 Å². The molecule has 1 aromatic heterocycles. The maximum Gasteiger partial charge on any atom is 0.255 e. The smallest absolute Gasteiger partial charge is 0.255 e. The van der Waals surface area contributed by atoms with Gasteiger partial charge in [-0.15, -0.1) is 0 Å². The lowest BCUT2D eigenvalue weighted by molar-refractivity contribution is 0.0743. The van der Waals surface area contributed by atoms with E-state index in [2.05, 4.69) is 17.2 Å². The molecule has 92 valence electrons. The van der Waals surface area contributed by atoms with E-state index in [-0.39, 0.29) is 5.91 Å².